The molecular weight excluding hydrogens is 159 g/mol. The Hall–Kier alpha value is 0.925. The molecule has 0 atom stereocenters. The van der Waals surface area contributed by atoms with Gasteiger partial charge in [-0.1, -0.05) is 0 Å². The van der Waals surface area contributed by atoms with Crippen molar-refractivity contribution in [1.82, 2.24) is 0 Å². The lowest BCUT2D eigenvalue weighted by Gasteiger charge is -1.56. The van der Waals surface area contributed by atoms with Crippen molar-refractivity contribution in [2.75, 3.05) is 0 Å². The van der Waals surface area contributed by atoms with Gasteiger partial charge in [-0.05, 0) is 0 Å². The molecule has 0 nitrogen and oxygen atoms in total. The molecule has 0 heterocycles. The van der Waals surface area contributed by atoms with Gasteiger partial charge < -0.3 is 0 Å². The SMILES string of the molecule is BBBI. The zero-order valence-corrected chi connectivity index (χ0v) is 4.95. The lowest BCUT2D eigenvalue weighted by Crippen LogP contribution is -1.90. The van der Waals surface area contributed by atoms with E-state index in [0.29, 0.717) is 0 Å². The predicted octanol–water partition coefficient (Wildman–Crippen LogP) is -1.33. The minimum atomic E-state index is 1.29. The van der Waals surface area contributed by atoms with Crippen LogP contribution in [0.3, 0.4) is 0 Å². The zero-order chi connectivity index (χ0) is 3.41. The van der Waals surface area contributed by atoms with Crippen LogP contribution in [0, 0.1) is 0 Å². The highest BCUT2D eigenvalue weighted by atomic mass is 127. The maximum absolute atomic E-state index is 2.35. The van der Waals surface area contributed by atoms with Crippen LogP contribution in [0.1, 0.15) is 0 Å². The summed E-state index contributed by atoms with van der Waals surface area (Å²) in [5.74, 6) is 0. The average Bonchev–Trinajstić information content (AvgIpc) is 1.37. The van der Waals surface area contributed by atoms with Crippen LogP contribution in [0.2, 0.25) is 0 Å². The van der Waals surface area contributed by atoms with Crippen molar-refractivity contribution in [1.29, 1.82) is 0 Å². The van der Waals surface area contributed by atoms with Crippen LogP contribution in [-0.4, -0.2) is 19.8 Å². The summed E-state index contributed by atoms with van der Waals surface area (Å²) in [6, 6.07) is 0. The maximum atomic E-state index is 2.35. The van der Waals surface area contributed by atoms with Crippen molar-refractivity contribution in [2.45, 2.75) is 0 Å². The summed E-state index contributed by atoms with van der Waals surface area (Å²) < 4.78 is 0. The van der Waals surface area contributed by atoms with Gasteiger partial charge in [0, 0.05) is 0 Å². The molecule has 20 valence electrons. The van der Waals surface area contributed by atoms with Crippen LogP contribution in [0.15, 0.2) is 0 Å². The Balaban J connectivity index is 1.97. The Bertz CT molecular complexity index is 5.25. The first-order valence-corrected chi connectivity index (χ1v) is 3.00. The molecule has 0 aliphatic heterocycles. The topological polar surface area (TPSA) is 0 Å². The van der Waals surface area contributed by atoms with Crippen molar-refractivity contribution in [3.63, 3.8) is 0 Å². The number of halogens is 1. The summed E-state index contributed by atoms with van der Waals surface area (Å²) in [4.78, 5) is 0. The molecular formula is H4B3I. The summed E-state index contributed by atoms with van der Waals surface area (Å²) in [5.41, 5.74) is 0. The third-order valence-electron chi connectivity index (χ3n) is 0.189. The van der Waals surface area contributed by atoms with Gasteiger partial charge in [0.15, 0.2) is 5.03 Å². The maximum Gasteiger partial charge on any atom is 0.155 e. The van der Waals surface area contributed by atoms with Gasteiger partial charge in [0.05, 0.1) is 14.8 Å². The van der Waals surface area contributed by atoms with E-state index in [4.69, 9.17) is 0 Å². The molecule has 0 N–H and O–H groups in total. The monoisotopic (exact) mass is 164 g/mol. The van der Waals surface area contributed by atoms with Gasteiger partial charge in [0.2, 0.25) is 0 Å². The molecule has 0 radical (unpaired) electrons. The van der Waals surface area contributed by atoms with E-state index in [1.165, 1.54) is 12.1 Å². The predicted molar refractivity (Wildman–Crippen MR) is 36.9 cm³/mol. The Morgan fingerprint density at radius 1 is 1.75 bits per heavy atom. The highest BCUT2D eigenvalue weighted by Gasteiger charge is 1.69. The van der Waals surface area contributed by atoms with E-state index in [-0.39, 0.29) is 0 Å². The molecule has 0 aliphatic rings. The van der Waals surface area contributed by atoms with Crippen LogP contribution < -0.4 is 0 Å². The molecule has 4 heteroatoms. The lowest BCUT2D eigenvalue weighted by atomic mass is 9.40. The first-order valence-electron chi connectivity index (χ1n) is 1.47. The molecule has 0 rings (SSSR count). The molecule has 0 saturated carbocycles. The largest absolute Gasteiger partial charge is 0.167 e. The van der Waals surface area contributed by atoms with E-state index in [9.17, 15) is 0 Å². The van der Waals surface area contributed by atoms with Crippen molar-refractivity contribution in [2.24, 2.45) is 0 Å². The van der Waals surface area contributed by atoms with E-state index in [0.717, 1.165) is 0 Å². The molecule has 0 aromatic heterocycles. The van der Waals surface area contributed by atoms with Crippen molar-refractivity contribution in [3.8, 4) is 0 Å². The van der Waals surface area contributed by atoms with Crippen molar-refractivity contribution < 1.29 is 0 Å². The summed E-state index contributed by atoms with van der Waals surface area (Å²) >= 11 is 2.35. The van der Waals surface area contributed by atoms with Crippen molar-refractivity contribution in [3.05, 3.63) is 0 Å². The summed E-state index contributed by atoms with van der Waals surface area (Å²) in [6.45, 7) is 0. The molecule has 4 heavy (non-hydrogen) atoms. The fraction of sp³-hybridized carbons (Fsp3) is 0. The first-order chi connectivity index (χ1) is 1.91. The molecule has 0 bridgehead atoms. The lowest BCUT2D eigenvalue weighted by molar-refractivity contribution is 4.31. The van der Waals surface area contributed by atoms with Crippen LogP contribution in [0.4, 0.5) is 0 Å². The number of rotatable bonds is 1. The summed E-state index contributed by atoms with van der Waals surface area (Å²) in [7, 11) is 3.48. The molecule has 0 amide bonds. The molecule has 0 aromatic carbocycles. The van der Waals surface area contributed by atoms with Crippen LogP contribution >= 0.6 is 22.4 Å². The summed E-state index contributed by atoms with van der Waals surface area (Å²) in [5, 5.41) is 1.29. The molecule has 0 aliphatic carbocycles. The molecule has 0 saturated heterocycles. The molecule has 0 unspecified atom stereocenters. The second-order valence-electron chi connectivity index (χ2n) is 0.689. The highest BCUT2D eigenvalue weighted by Crippen LogP contribution is 1.63. The Kier molecular flexibility index (Phi) is 4.83. The molecule has 0 spiro atoms. The average molecular weight is 163 g/mol. The second kappa shape index (κ2) is 3.92. The minimum Gasteiger partial charge on any atom is -0.167 e. The van der Waals surface area contributed by atoms with E-state index >= 15 is 0 Å². The van der Waals surface area contributed by atoms with Crippen LogP contribution in [0.25, 0.3) is 0 Å². The Labute approximate surface area is 42.5 Å². The van der Waals surface area contributed by atoms with Crippen LogP contribution in [0.5, 0.6) is 0 Å². The quantitative estimate of drug-likeness (QED) is 0.332. The van der Waals surface area contributed by atoms with Gasteiger partial charge in [0.1, 0.15) is 0 Å². The molecule has 0 fully saturated rings. The van der Waals surface area contributed by atoms with E-state index < -0.39 is 0 Å². The fourth-order valence-electron chi connectivity index (χ4n) is 0. The van der Waals surface area contributed by atoms with E-state index in [2.05, 4.69) is 30.1 Å². The van der Waals surface area contributed by atoms with Crippen molar-refractivity contribution >= 4 is 42.2 Å². The third-order valence-corrected chi connectivity index (χ3v) is 1.27. The third kappa shape index (κ3) is 2.92. The highest BCUT2D eigenvalue weighted by molar-refractivity contribution is 14.1. The van der Waals surface area contributed by atoms with Gasteiger partial charge in [-0.25, -0.2) is 0 Å². The normalized spacial score (nSPS) is 5.25. The number of hydrogen-bond donors (Lipinski definition) is 0. The Morgan fingerprint density at radius 2 is 2.00 bits per heavy atom. The number of hydrogen-bond acceptors (Lipinski definition) is 0. The minimum absolute atomic E-state index is 1.29. The van der Waals surface area contributed by atoms with Gasteiger partial charge in [-0.2, -0.15) is 22.4 Å². The van der Waals surface area contributed by atoms with Gasteiger partial charge in [0.25, 0.3) is 0 Å². The van der Waals surface area contributed by atoms with E-state index in [1.54, 1.807) is 0 Å². The molecule has 0 aromatic rings. The van der Waals surface area contributed by atoms with Gasteiger partial charge in [-0.15, -0.1) is 0 Å². The van der Waals surface area contributed by atoms with E-state index in [1.807, 2.05) is 0 Å². The fourth-order valence-corrected chi connectivity index (χ4v) is 0. The zero-order valence-electron chi connectivity index (χ0n) is 2.79. The Morgan fingerprint density at radius 3 is 2.00 bits per heavy atom. The second-order valence-corrected chi connectivity index (χ2v) is 1.77. The summed E-state index contributed by atoms with van der Waals surface area (Å²) in [6.07, 6.45) is 0. The van der Waals surface area contributed by atoms with Crippen LogP contribution in [-0.2, 0) is 0 Å². The smallest absolute Gasteiger partial charge is 0.155 e. The first kappa shape index (κ1) is 4.92. The van der Waals surface area contributed by atoms with Gasteiger partial charge in [-0.3, -0.25) is 0 Å². The van der Waals surface area contributed by atoms with Gasteiger partial charge >= 0.3 is 0 Å². The standard InChI is InChI=1S/B3H4I/c1-2-3-4/h2-3H,1H2.